The van der Waals surface area contributed by atoms with E-state index in [-0.39, 0.29) is 54.4 Å². The number of allylic oxidation sites excluding steroid dienone is 1. The van der Waals surface area contributed by atoms with Crippen molar-refractivity contribution >= 4 is 17.6 Å². The molecule has 228 valence electrons. The standard InChI is InChI=1S/C31H42F2N6O3/c1-18-14-35-28-31(27(37-38-28)24-7-5-6-12-41-24)11-10-21(22(26(18)31)13-25(32)33)23-9-8-19(15-34-23)36-20-16-39(17-20)29(40)42-30(2,3)4/h8-11,15,18,20-22,24-27,36H,5-7,12-14,16-17H2,1-4H3/t18-,21-,22?,24?,26?,27?,31?/m0/s1. The third kappa shape index (κ3) is 5.44. The lowest BCUT2D eigenvalue weighted by Crippen LogP contribution is -2.58. The zero-order chi connectivity index (χ0) is 29.6. The van der Waals surface area contributed by atoms with Crippen molar-refractivity contribution < 1.29 is 23.0 Å². The number of alkyl halides is 2. The maximum Gasteiger partial charge on any atom is 0.410 e. The van der Waals surface area contributed by atoms with Crippen LogP contribution in [0.4, 0.5) is 19.3 Å². The Balaban J connectivity index is 1.21. The van der Waals surface area contributed by atoms with Crippen molar-refractivity contribution in [3.63, 3.8) is 0 Å². The summed E-state index contributed by atoms with van der Waals surface area (Å²) in [6, 6.07) is 3.74. The van der Waals surface area contributed by atoms with Crippen molar-refractivity contribution in [2.75, 3.05) is 31.6 Å². The molecule has 5 aliphatic rings. The number of carbonyl (C=O) groups is 1. The molecule has 1 N–H and O–H groups in total. The monoisotopic (exact) mass is 584 g/mol. The molecule has 1 amide bonds. The smallest absolute Gasteiger partial charge is 0.410 e. The van der Waals surface area contributed by atoms with Crippen LogP contribution >= 0.6 is 0 Å². The Kier molecular flexibility index (Phi) is 7.82. The summed E-state index contributed by atoms with van der Waals surface area (Å²) in [6.07, 6.45) is 5.91. The highest BCUT2D eigenvalue weighted by Crippen LogP contribution is 2.59. The molecule has 4 aliphatic heterocycles. The SMILES string of the molecule is C[C@H]1CN=C2N=NC(C3CCCCO3)C23C=C[C@H](c2ccc(NC4CN(C(=O)OC(C)(C)C)C4)cn2)C(CC(F)F)C13. The Bertz CT molecular complexity index is 1240. The molecule has 1 aliphatic carbocycles. The molecule has 1 aromatic rings. The van der Waals surface area contributed by atoms with Crippen molar-refractivity contribution in [2.45, 2.75) is 89.5 Å². The van der Waals surface area contributed by atoms with Crippen LogP contribution in [0.2, 0.25) is 0 Å². The minimum atomic E-state index is -2.44. The van der Waals surface area contributed by atoms with Gasteiger partial charge in [0.25, 0.3) is 0 Å². The number of anilines is 1. The van der Waals surface area contributed by atoms with Crippen LogP contribution in [0.3, 0.4) is 0 Å². The number of likely N-dealkylation sites (tertiary alicyclic amines) is 1. The maximum atomic E-state index is 14.2. The van der Waals surface area contributed by atoms with Crippen molar-refractivity contribution in [1.29, 1.82) is 0 Å². The molecule has 5 unspecified atom stereocenters. The van der Waals surface area contributed by atoms with E-state index in [9.17, 15) is 13.6 Å². The predicted octanol–water partition coefficient (Wildman–Crippen LogP) is 6.09. The van der Waals surface area contributed by atoms with E-state index in [1.54, 1.807) is 11.1 Å². The number of hydrogen-bond donors (Lipinski definition) is 1. The van der Waals surface area contributed by atoms with Crippen LogP contribution in [-0.2, 0) is 9.47 Å². The van der Waals surface area contributed by atoms with Crippen LogP contribution in [0.1, 0.15) is 65.0 Å². The average molecular weight is 585 g/mol. The summed E-state index contributed by atoms with van der Waals surface area (Å²) in [5.41, 5.74) is 0.453. The van der Waals surface area contributed by atoms with Gasteiger partial charge in [-0.25, -0.2) is 13.6 Å². The molecule has 1 aromatic heterocycles. The molecule has 0 radical (unpaired) electrons. The van der Waals surface area contributed by atoms with Gasteiger partial charge in [0.15, 0.2) is 5.84 Å². The van der Waals surface area contributed by atoms with E-state index < -0.39 is 17.4 Å². The van der Waals surface area contributed by atoms with Gasteiger partial charge in [-0.3, -0.25) is 9.98 Å². The molecular weight excluding hydrogens is 542 g/mol. The fourth-order valence-corrected chi connectivity index (χ4v) is 7.63. The molecule has 0 aromatic carbocycles. The Morgan fingerprint density at radius 2 is 2.07 bits per heavy atom. The second kappa shape index (κ2) is 11.3. The third-order valence-corrected chi connectivity index (χ3v) is 9.40. The summed E-state index contributed by atoms with van der Waals surface area (Å²) in [5, 5.41) is 12.6. The highest BCUT2D eigenvalue weighted by molar-refractivity contribution is 5.94. The van der Waals surface area contributed by atoms with Gasteiger partial charge in [-0.05, 0) is 69.9 Å². The van der Waals surface area contributed by atoms with E-state index in [1.807, 2.05) is 32.9 Å². The van der Waals surface area contributed by atoms with Gasteiger partial charge in [-0.1, -0.05) is 19.1 Å². The van der Waals surface area contributed by atoms with Crippen LogP contribution in [-0.4, -0.2) is 78.3 Å². The first kappa shape index (κ1) is 29.1. The van der Waals surface area contributed by atoms with Crippen molar-refractivity contribution in [1.82, 2.24) is 9.88 Å². The van der Waals surface area contributed by atoms with E-state index in [4.69, 9.17) is 19.5 Å². The lowest BCUT2D eigenvalue weighted by atomic mass is 9.52. The lowest BCUT2D eigenvalue weighted by Gasteiger charge is -2.52. The Hall–Kier alpha value is -2.95. The fraction of sp³-hybridized carbons (Fsp3) is 0.710. The highest BCUT2D eigenvalue weighted by atomic mass is 19.3. The van der Waals surface area contributed by atoms with Crippen molar-refractivity contribution in [2.24, 2.45) is 38.4 Å². The first-order valence-electron chi connectivity index (χ1n) is 15.3. The summed E-state index contributed by atoms with van der Waals surface area (Å²) in [7, 11) is 0. The van der Waals surface area contributed by atoms with E-state index in [0.29, 0.717) is 32.1 Å². The number of nitrogens with one attached hydrogen (secondary N) is 1. The largest absolute Gasteiger partial charge is 0.444 e. The van der Waals surface area contributed by atoms with E-state index in [0.717, 1.165) is 30.6 Å². The second-order valence-corrected chi connectivity index (χ2v) is 13.5. The molecule has 9 nitrogen and oxygen atoms in total. The van der Waals surface area contributed by atoms with E-state index >= 15 is 0 Å². The molecule has 1 spiro atoms. The number of azo groups is 1. The number of ether oxygens (including phenoxy) is 2. The number of nitrogens with zero attached hydrogens (tertiary/aromatic N) is 5. The predicted molar refractivity (Wildman–Crippen MR) is 155 cm³/mol. The van der Waals surface area contributed by atoms with Gasteiger partial charge in [0.2, 0.25) is 6.43 Å². The number of pyridine rings is 1. The van der Waals surface area contributed by atoms with Gasteiger partial charge in [-0.2, -0.15) is 5.11 Å². The first-order valence-corrected chi connectivity index (χ1v) is 15.3. The zero-order valence-electron chi connectivity index (χ0n) is 24.9. The van der Waals surface area contributed by atoms with Gasteiger partial charge in [0.05, 0.1) is 29.4 Å². The minimum absolute atomic E-state index is 0.0855. The van der Waals surface area contributed by atoms with E-state index in [2.05, 4.69) is 34.6 Å². The number of halogens is 2. The molecular formula is C31H42F2N6O3. The highest BCUT2D eigenvalue weighted by Gasteiger charge is 2.62. The van der Waals surface area contributed by atoms with Crippen LogP contribution in [0, 0.1) is 23.2 Å². The molecule has 5 heterocycles. The van der Waals surface area contributed by atoms with E-state index in [1.165, 1.54) is 0 Å². The molecule has 6 rings (SSSR count). The Morgan fingerprint density at radius 1 is 1.26 bits per heavy atom. The van der Waals surface area contributed by atoms with Gasteiger partial charge in [-0.15, -0.1) is 5.11 Å². The van der Waals surface area contributed by atoms with Crippen molar-refractivity contribution in [3.8, 4) is 0 Å². The van der Waals surface area contributed by atoms with Crippen LogP contribution in [0.5, 0.6) is 0 Å². The summed E-state index contributed by atoms with van der Waals surface area (Å²) < 4.78 is 40.1. The van der Waals surface area contributed by atoms with Crippen LogP contribution in [0.15, 0.2) is 45.7 Å². The topological polar surface area (TPSA) is 101 Å². The number of rotatable bonds is 6. The third-order valence-electron chi connectivity index (χ3n) is 9.40. The summed E-state index contributed by atoms with van der Waals surface area (Å²) in [4.78, 5) is 23.5. The van der Waals surface area contributed by atoms with Gasteiger partial charge >= 0.3 is 6.09 Å². The second-order valence-electron chi connectivity index (χ2n) is 13.5. The summed E-state index contributed by atoms with van der Waals surface area (Å²) >= 11 is 0. The lowest BCUT2D eigenvalue weighted by molar-refractivity contribution is -0.0384. The molecule has 11 heteroatoms. The fourth-order valence-electron chi connectivity index (χ4n) is 7.63. The quantitative estimate of drug-likeness (QED) is 0.408. The number of carbonyl (C=O) groups excluding carboxylic acids is 1. The number of aliphatic imine (C=N–C) groups is 1. The summed E-state index contributed by atoms with van der Waals surface area (Å²) in [5.74, 6) is 0.0582. The van der Waals surface area contributed by atoms with Gasteiger partial charge in [0, 0.05) is 44.3 Å². The number of amidine groups is 1. The molecule has 42 heavy (non-hydrogen) atoms. The normalized spacial score (nSPS) is 34.5. The number of amides is 1. The van der Waals surface area contributed by atoms with Crippen LogP contribution in [0.25, 0.3) is 0 Å². The molecule has 2 fully saturated rings. The zero-order valence-corrected chi connectivity index (χ0v) is 24.9. The number of hydrogen-bond acceptors (Lipinski definition) is 8. The summed E-state index contributed by atoms with van der Waals surface area (Å²) in [6.45, 7) is 10.0. The Morgan fingerprint density at radius 3 is 2.74 bits per heavy atom. The maximum absolute atomic E-state index is 14.2. The van der Waals surface area contributed by atoms with Gasteiger partial charge < -0.3 is 19.7 Å². The van der Waals surface area contributed by atoms with Crippen molar-refractivity contribution in [3.05, 3.63) is 36.2 Å². The van der Waals surface area contributed by atoms with Gasteiger partial charge in [0.1, 0.15) is 11.6 Å². The number of aromatic nitrogens is 1. The van der Waals surface area contributed by atoms with Crippen LogP contribution < -0.4 is 5.32 Å². The average Bonchev–Trinajstić information content (AvgIpc) is 3.28. The minimum Gasteiger partial charge on any atom is -0.444 e. The molecule has 0 bridgehead atoms. The first-order chi connectivity index (χ1) is 20.0. The Labute approximate surface area is 246 Å². The molecule has 2 saturated heterocycles. The molecule has 7 atom stereocenters. The molecule has 0 saturated carbocycles.